The molecule has 1 aliphatic heterocycles. The maximum atomic E-state index is 12.2. The summed E-state index contributed by atoms with van der Waals surface area (Å²) in [4.78, 5) is 26.0. The van der Waals surface area contributed by atoms with Crippen LogP contribution in [0.5, 0.6) is 0 Å². The van der Waals surface area contributed by atoms with Crippen LogP contribution in [-0.4, -0.2) is 55.6 Å². The zero-order valence-electron chi connectivity index (χ0n) is 12.8. The summed E-state index contributed by atoms with van der Waals surface area (Å²) in [5.41, 5.74) is 6.03. The number of amides is 2. The molecule has 2 fully saturated rings. The van der Waals surface area contributed by atoms with Gasteiger partial charge in [-0.15, -0.1) is 0 Å². The van der Waals surface area contributed by atoms with E-state index in [0.29, 0.717) is 39.3 Å². The number of rotatable bonds is 4. The van der Waals surface area contributed by atoms with Crippen molar-refractivity contribution in [2.24, 2.45) is 17.6 Å². The standard InChI is InChI=1S/C15H27N3O3/c1-11-12(3-2-4-13(11)16)15(20)17-6-5-14(19)18-7-9-21-10-8-18/h11-13H,2-10,16H2,1H3,(H,17,20). The molecule has 1 saturated heterocycles. The number of hydrogen-bond donors (Lipinski definition) is 2. The third-order valence-corrected chi connectivity index (χ3v) is 4.70. The molecule has 120 valence electrons. The first kappa shape index (κ1) is 16.2. The molecule has 0 aromatic heterocycles. The zero-order valence-corrected chi connectivity index (χ0v) is 12.8. The van der Waals surface area contributed by atoms with Gasteiger partial charge in [-0.3, -0.25) is 9.59 Å². The van der Waals surface area contributed by atoms with E-state index in [4.69, 9.17) is 10.5 Å². The summed E-state index contributed by atoms with van der Waals surface area (Å²) < 4.78 is 5.22. The van der Waals surface area contributed by atoms with Crippen LogP contribution in [0.4, 0.5) is 0 Å². The summed E-state index contributed by atoms with van der Waals surface area (Å²) in [5, 5.41) is 2.90. The van der Waals surface area contributed by atoms with Gasteiger partial charge >= 0.3 is 0 Å². The van der Waals surface area contributed by atoms with E-state index >= 15 is 0 Å². The molecular weight excluding hydrogens is 270 g/mol. The molecule has 3 atom stereocenters. The van der Waals surface area contributed by atoms with Gasteiger partial charge in [0.2, 0.25) is 11.8 Å². The number of morpholine rings is 1. The Balaban J connectivity index is 1.70. The van der Waals surface area contributed by atoms with Crippen LogP contribution in [0.3, 0.4) is 0 Å². The van der Waals surface area contributed by atoms with E-state index in [9.17, 15) is 9.59 Å². The molecule has 0 aromatic carbocycles. The highest BCUT2D eigenvalue weighted by molar-refractivity contribution is 5.81. The highest BCUT2D eigenvalue weighted by atomic mass is 16.5. The van der Waals surface area contributed by atoms with E-state index in [1.807, 2.05) is 6.92 Å². The number of nitrogens with one attached hydrogen (secondary N) is 1. The van der Waals surface area contributed by atoms with Gasteiger partial charge in [0.05, 0.1) is 13.2 Å². The lowest BCUT2D eigenvalue weighted by Gasteiger charge is -2.33. The average molecular weight is 297 g/mol. The SMILES string of the molecule is CC1C(N)CCCC1C(=O)NCCC(=O)N1CCOCC1. The molecule has 1 saturated carbocycles. The van der Waals surface area contributed by atoms with Crippen LogP contribution >= 0.6 is 0 Å². The molecule has 21 heavy (non-hydrogen) atoms. The maximum Gasteiger partial charge on any atom is 0.224 e. The summed E-state index contributed by atoms with van der Waals surface area (Å²) >= 11 is 0. The zero-order chi connectivity index (χ0) is 15.2. The Kier molecular flexibility index (Phi) is 5.99. The van der Waals surface area contributed by atoms with Crippen LogP contribution in [0.25, 0.3) is 0 Å². The van der Waals surface area contributed by atoms with Crippen LogP contribution in [0.1, 0.15) is 32.6 Å². The Morgan fingerprint density at radius 1 is 1.29 bits per heavy atom. The summed E-state index contributed by atoms with van der Waals surface area (Å²) in [7, 11) is 0. The van der Waals surface area contributed by atoms with Crippen LogP contribution in [0, 0.1) is 11.8 Å². The third-order valence-electron chi connectivity index (χ3n) is 4.70. The normalized spacial score (nSPS) is 30.0. The van der Waals surface area contributed by atoms with Crippen LogP contribution < -0.4 is 11.1 Å². The van der Waals surface area contributed by atoms with E-state index in [2.05, 4.69) is 5.32 Å². The van der Waals surface area contributed by atoms with Crippen molar-refractivity contribution in [3.8, 4) is 0 Å². The maximum absolute atomic E-state index is 12.2. The number of nitrogens with two attached hydrogens (primary N) is 1. The highest BCUT2D eigenvalue weighted by Gasteiger charge is 2.32. The second-order valence-corrected chi connectivity index (χ2v) is 6.09. The van der Waals surface area contributed by atoms with Gasteiger partial charge in [0.25, 0.3) is 0 Å². The van der Waals surface area contributed by atoms with Crippen molar-refractivity contribution in [3.63, 3.8) is 0 Å². The van der Waals surface area contributed by atoms with Crippen LogP contribution in [0.2, 0.25) is 0 Å². The van der Waals surface area contributed by atoms with Crippen molar-refractivity contribution in [2.75, 3.05) is 32.8 Å². The van der Waals surface area contributed by atoms with Crippen molar-refractivity contribution < 1.29 is 14.3 Å². The quantitative estimate of drug-likeness (QED) is 0.771. The average Bonchev–Trinajstić information content (AvgIpc) is 2.50. The Hall–Kier alpha value is -1.14. The molecule has 1 aliphatic carbocycles. The molecule has 2 aliphatic rings. The van der Waals surface area contributed by atoms with Gasteiger partial charge in [0.1, 0.15) is 0 Å². The predicted octanol–water partition coefficient (Wildman–Crippen LogP) is 0.115. The summed E-state index contributed by atoms with van der Waals surface area (Å²) in [6.45, 7) is 4.98. The van der Waals surface area contributed by atoms with Crippen molar-refractivity contribution in [3.05, 3.63) is 0 Å². The molecular formula is C15H27N3O3. The minimum atomic E-state index is -0.00719. The first-order valence-electron chi connectivity index (χ1n) is 7.98. The van der Waals surface area contributed by atoms with E-state index in [1.54, 1.807) is 4.90 Å². The molecule has 0 bridgehead atoms. The van der Waals surface area contributed by atoms with Gasteiger partial charge in [0, 0.05) is 38.0 Å². The number of nitrogens with zero attached hydrogens (tertiary/aromatic N) is 1. The summed E-state index contributed by atoms with van der Waals surface area (Å²) in [5.74, 6) is 0.348. The molecule has 2 rings (SSSR count). The Morgan fingerprint density at radius 2 is 2.00 bits per heavy atom. The fraction of sp³-hybridized carbons (Fsp3) is 0.867. The first-order chi connectivity index (χ1) is 10.1. The van der Waals surface area contributed by atoms with Crippen molar-refractivity contribution in [1.29, 1.82) is 0 Å². The van der Waals surface area contributed by atoms with E-state index < -0.39 is 0 Å². The summed E-state index contributed by atoms with van der Waals surface area (Å²) in [6.07, 6.45) is 3.27. The Labute approximate surface area is 126 Å². The van der Waals surface area contributed by atoms with Crippen LogP contribution in [0.15, 0.2) is 0 Å². The molecule has 2 amide bonds. The first-order valence-corrected chi connectivity index (χ1v) is 7.98. The molecule has 0 radical (unpaired) electrons. The Bertz CT molecular complexity index is 369. The fourth-order valence-corrected chi connectivity index (χ4v) is 3.16. The van der Waals surface area contributed by atoms with E-state index in [1.165, 1.54) is 0 Å². The van der Waals surface area contributed by atoms with Gasteiger partial charge < -0.3 is 20.7 Å². The third kappa shape index (κ3) is 4.41. The highest BCUT2D eigenvalue weighted by Crippen LogP contribution is 2.28. The van der Waals surface area contributed by atoms with Gasteiger partial charge in [-0.1, -0.05) is 13.3 Å². The van der Waals surface area contributed by atoms with Crippen molar-refractivity contribution >= 4 is 11.8 Å². The van der Waals surface area contributed by atoms with E-state index in [-0.39, 0.29) is 29.7 Å². The smallest absolute Gasteiger partial charge is 0.224 e. The summed E-state index contributed by atoms with van der Waals surface area (Å²) in [6, 6.07) is 0.115. The fourth-order valence-electron chi connectivity index (χ4n) is 3.16. The topological polar surface area (TPSA) is 84.7 Å². The second-order valence-electron chi connectivity index (χ2n) is 6.09. The molecule has 3 unspecified atom stereocenters. The van der Waals surface area contributed by atoms with Crippen LogP contribution in [-0.2, 0) is 14.3 Å². The Morgan fingerprint density at radius 3 is 2.71 bits per heavy atom. The largest absolute Gasteiger partial charge is 0.378 e. The molecule has 3 N–H and O–H groups in total. The van der Waals surface area contributed by atoms with Gasteiger partial charge in [0.15, 0.2) is 0 Å². The molecule has 6 heteroatoms. The van der Waals surface area contributed by atoms with Gasteiger partial charge in [-0.2, -0.15) is 0 Å². The second kappa shape index (κ2) is 7.75. The number of ether oxygens (including phenoxy) is 1. The lowest BCUT2D eigenvalue weighted by molar-refractivity contribution is -0.135. The lowest BCUT2D eigenvalue weighted by Crippen LogP contribution is -2.45. The van der Waals surface area contributed by atoms with Gasteiger partial charge in [-0.25, -0.2) is 0 Å². The van der Waals surface area contributed by atoms with E-state index in [0.717, 1.165) is 19.3 Å². The number of carbonyl (C=O) groups excluding carboxylic acids is 2. The number of carbonyl (C=O) groups is 2. The monoisotopic (exact) mass is 297 g/mol. The van der Waals surface area contributed by atoms with Crippen molar-refractivity contribution in [1.82, 2.24) is 10.2 Å². The number of hydrogen-bond acceptors (Lipinski definition) is 4. The van der Waals surface area contributed by atoms with Gasteiger partial charge in [-0.05, 0) is 18.8 Å². The predicted molar refractivity (Wildman–Crippen MR) is 79.5 cm³/mol. The molecule has 6 nitrogen and oxygen atoms in total. The molecule has 1 heterocycles. The minimum Gasteiger partial charge on any atom is -0.378 e. The lowest BCUT2D eigenvalue weighted by atomic mass is 9.77. The molecule has 0 spiro atoms. The molecule has 0 aromatic rings. The van der Waals surface area contributed by atoms with Crippen molar-refractivity contribution in [2.45, 2.75) is 38.6 Å². The minimum absolute atomic E-state index is 0.00719.